The van der Waals surface area contributed by atoms with Crippen molar-refractivity contribution in [1.82, 2.24) is 19.9 Å². The van der Waals surface area contributed by atoms with Crippen molar-refractivity contribution in [2.24, 2.45) is 0 Å². The number of nitrogens with zero attached hydrogens (tertiary/aromatic N) is 5. The molecule has 2 aliphatic rings. The number of alkyl halides is 1. The Morgan fingerprint density at radius 2 is 1.88 bits per heavy atom. The van der Waals surface area contributed by atoms with E-state index >= 15 is 0 Å². The van der Waals surface area contributed by atoms with Gasteiger partial charge in [0.1, 0.15) is 11.9 Å². The molecule has 33 heavy (non-hydrogen) atoms. The zero-order valence-electron chi connectivity index (χ0n) is 18.0. The number of benzene rings is 2. The number of aromatic nitrogens is 3. The third kappa shape index (κ3) is 4.44. The summed E-state index contributed by atoms with van der Waals surface area (Å²) in [6.45, 7) is 0.713. The average molecular weight is 449 g/mol. The Labute approximate surface area is 190 Å². The number of rotatable bonds is 6. The van der Waals surface area contributed by atoms with Crippen LogP contribution < -0.4 is 9.64 Å². The van der Waals surface area contributed by atoms with Crippen LogP contribution in [-0.4, -0.2) is 63.6 Å². The van der Waals surface area contributed by atoms with Gasteiger partial charge >= 0.3 is 0 Å². The topological polar surface area (TPSA) is 80.6 Å². The van der Waals surface area contributed by atoms with Crippen LogP contribution in [0.5, 0.6) is 5.75 Å². The van der Waals surface area contributed by atoms with Gasteiger partial charge < -0.3 is 14.5 Å². The maximum atomic E-state index is 14.2. The lowest BCUT2D eigenvalue weighted by atomic mass is 10.2. The highest BCUT2D eigenvalue weighted by atomic mass is 19.1. The van der Waals surface area contributed by atoms with E-state index in [9.17, 15) is 14.0 Å². The molecule has 2 aliphatic heterocycles. The molecule has 2 amide bonds. The van der Waals surface area contributed by atoms with Crippen molar-refractivity contribution in [3.63, 3.8) is 0 Å². The standard InChI is InChI=1S/C24H24FN5O3/c25-18-12-19(30(13-18)23(31)16-33-20-7-2-1-3-8-20)14-28-15-21(26-27-28)24(32)29-11-10-17-6-4-5-9-22(17)29/h1-9,15,18-19H,10-14,16H2/t18-,19-/m0/s1. The molecule has 2 aromatic carbocycles. The summed E-state index contributed by atoms with van der Waals surface area (Å²) in [5, 5.41) is 8.11. The SMILES string of the molecule is O=C(c1cn(C[C@@H]2C[C@H](F)CN2C(=O)COc2ccccc2)nn1)N1CCc2ccccc21. The molecule has 8 nitrogen and oxygen atoms in total. The molecule has 3 aromatic rings. The van der Waals surface area contributed by atoms with Gasteiger partial charge in [-0.2, -0.15) is 0 Å². The molecule has 0 radical (unpaired) electrons. The Morgan fingerprint density at radius 3 is 2.73 bits per heavy atom. The van der Waals surface area contributed by atoms with E-state index in [1.54, 1.807) is 23.2 Å². The molecular formula is C24H24FN5O3. The van der Waals surface area contributed by atoms with Gasteiger partial charge in [0.25, 0.3) is 11.8 Å². The van der Waals surface area contributed by atoms with Crippen LogP contribution in [0.3, 0.4) is 0 Å². The average Bonchev–Trinajstić information content (AvgIpc) is 3.56. The second kappa shape index (κ2) is 9.01. The van der Waals surface area contributed by atoms with Gasteiger partial charge in [0.15, 0.2) is 12.3 Å². The summed E-state index contributed by atoms with van der Waals surface area (Å²) in [6, 6.07) is 16.4. The number of halogens is 1. The van der Waals surface area contributed by atoms with Gasteiger partial charge in [-0.1, -0.05) is 41.6 Å². The first-order chi connectivity index (χ1) is 16.1. The first kappa shape index (κ1) is 21.1. The largest absolute Gasteiger partial charge is 0.484 e. The number of ether oxygens (including phenoxy) is 1. The fourth-order valence-corrected chi connectivity index (χ4v) is 4.47. The number of carbonyl (C=O) groups excluding carboxylic acids is 2. The highest BCUT2D eigenvalue weighted by Crippen LogP contribution is 2.28. The summed E-state index contributed by atoms with van der Waals surface area (Å²) in [6.07, 6.45) is 1.47. The summed E-state index contributed by atoms with van der Waals surface area (Å²) in [5.74, 6) is 0.0839. The molecular weight excluding hydrogens is 425 g/mol. The van der Waals surface area contributed by atoms with Crippen LogP contribution in [0.1, 0.15) is 22.5 Å². The van der Waals surface area contributed by atoms with E-state index < -0.39 is 6.17 Å². The Bertz CT molecular complexity index is 1150. The highest BCUT2D eigenvalue weighted by Gasteiger charge is 2.36. The minimum absolute atomic E-state index is 0.0205. The lowest BCUT2D eigenvalue weighted by Gasteiger charge is -2.24. The smallest absolute Gasteiger partial charge is 0.280 e. The molecule has 0 unspecified atom stereocenters. The van der Waals surface area contributed by atoms with E-state index in [0.717, 1.165) is 17.7 Å². The zero-order chi connectivity index (χ0) is 22.8. The summed E-state index contributed by atoms with van der Waals surface area (Å²) >= 11 is 0. The number of para-hydroxylation sites is 2. The lowest BCUT2D eigenvalue weighted by Crippen LogP contribution is -2.41. The fraction of sp³-hybridized carbons (Fsp3) is 0.333. The van der Waals surface area contributed by atoms with Gasteiger partial charge in [0, 0.05) is 18.7 Å². The van der Waals surface area contributed by atoms with E-state index in [1.807, 2.05) is 42.5 Å². The monoisotopic (exact) mass is 449 g/mol. The number of fused-ring (bicyclic) bond motifs is 1. The molecule has 0 N–H and O–H groups in total. The van der Waals surface area contributed by atoms with Crippen LogP contribution in [0.2, 0.25) is 0 Å². The van der Waals surface area contributed by atoms with E-state index in [4.69, 9.17) is 4.74 Å². The predicted octanol–water partition coefficient (Wildman–Crippen LogP) is 2.50. The number of hydrogen-bond donors (Lipinski definition) is 0. The Balaban J connectivity index is 1.23. The van der Waals surface area contributed by atoms with Gasteiger partial charge in [-0.15, -0.1) is 5.10 Å². The summed E-state index contributed by atoms with van der Waals surface area (Å²) in [4.78, 5) is 28.9. The molecule has 0 spiro atoms. The summed E-state index contributed by atoms with van der Waals surface area (Å²) in [5.41, 5.74) is 2.25. The predicted molar refractivity (Wildman–Crippen MR) is 119 cm³/mol. The number of hydrogen-bond acceptors (Lipinski definition) is 5. The van der Waals surface area contributed by atoms with E-state index in [-0.39, 0.29) is 49.7 Å². The summed E-state index contributed by atoms with van der Waals surface area (Å²) < 4.78 is 21.2. The number of anilines is 1. The third-order valence-electron chi connectivity index (χ3n) is 6.08. The second-order valence-electron chi connectivity index (χ2n) is 8.30. The molecule has 3 heterocycles. The fourth-order valence-electron chi connectivity index (χ4n) is 4.47. The molecule has 1 fully saturated rings. The van der Waals surface area contributed by atoms with Crippen molar-refractivity contribution in [2.45, 2.75) is 31.6 Å². The number of amides is 2. The van der Waals surface area contributed by atoms with E-state index in [0.29, 0.717) is 12.3 Å². The van der Waals surface area contributed by atoms with Gasteiger partial charge in [-0.3, -0.25) is 9.59 Å². The van der Waals surface area contributed by atoms with Gasteiger partial charge in [0.05, 0.1) is 25.3 Å². The molecule has 170 valence electrons. The number of likely N-dealkylation sites (tertiary alicyclic amines) is 1. The minimum atomic E-state index is -1.11. The van der Waals surface area contributed by atoms with Crippen LogP contribution in [0, 0.1) is 0 Å². The third-order valence-corrected chi connectivity index (χ3v) is 6.08. The van der Waals surface area contributed by atoms with Crippen molar-refractivity contribution in [3.05, 3.63) is 72.1 Å². The van der Waals surface area contributed by atoms with Gasteiger partial charge in [0.2, 0.25) is 0 Å². The quantitative estimate of drug-likeness (QED) is 0.578. The Hall–Kier alpha value is -3.75. The zero-order valence-corrected chi connectivity index (χ0v) is 18.0. The highest BCUT2D eigenvalue weighted by molar-refractivity contribution is 6.05. The first-order valence-electron chi connectivity index (χ1n) is 11.0. The van der Waals surface area contributed by atoms with Crippen molar-refractivity contribution >= 4 is 17.5 Å². The van der Waals surface area contributed by atoms with E-state index in [1.165, 1.54) is 9.58 Å². The van der Waals surface area contributed by atoms with Crippen LogP contribution in [0.15, 0.2) is 60.8 Å². The van der Waals surface area contributed by atoms with Crippen LogP contribution in [0.4, 0.5) is 10.1 Å². The molecule has 9 heteroatoms. The van der Waals surface area contributed by atoms with Crippen molar-refractivity contribution < 1.29 is 18.7 Å². The van der Waals surface area contributed by atoms with Crippen molar-refractivity contribution in [3.8, 4) is 5.75 Å². The molecule has 0 saturated carbocycles. The molecule has 2 atom stereocenters. The minimum Gasteiger partial charge on any atom is -0.484 e. The van der Waals surface area contributed by atoms with Crippen molar-refractivity contribution in [1.29, 1.82) is 0 Å². The molecule has 1 saturated heterocycles. The lowest BCUT2D eigenvalue weighted by molar-refractivity contribution is -0.134. The Morgan fingerprint density at radius 1 is 1.09 bits per heavy atom. The van der Waals surface area contributed by atoms with Crippen LogP contribution in [0.25, 0.3) is 0 Å². The molecule has 1 aromatic heterocycles. The molecule has 5 rings (SSSR count). The van der Waals surface area contributed by atoms with Crippen LogP contribution >= 0.6 is 0 Å². The Kier molecular flexibility index (Phi) is 5.77. The molecule has 0 bridgehead atoms. The number of carbonyl (C=O) groups is 2. The normalized spacial score (nSPS) is 19.5. The van der Waals surface area contributed by atoms with Crippen molar-refractivity contribution in [2.75, 3.05) is 24.6 Å². The van der Waals surface area contributed by atoms with E-state index in [2.05, 4.69) is 10.3 Å². The van der Waals surface area contributed by atoms with Crippen LogP contribution in [-0.2, 0) is 17.8 Å². The maximum Gasteiger partial charge on any atom is 0.280 e. The van der Waals surface area contributed by atoms with Gasteiger partial charge in [-0.05, 0) is 30.2 Å². The first-order valence-corrected chi connectivity index (χ1v) is 11.0. The molecule has 0 aliphatic carbocycles. The maximum absolute atomic E-state index is 14.2. The second-order valence-corrected chi connectivity index (χ2v) is 8.30. The summed E-state index contributed by atoms with van der Waals surface area (Å²) in [7, 11) is 0. The van der Waals surface area contributed by atoms with Gasteiger partial charge in [-0.25, -0.2) is 9.07 Å².